The van der Waals surface area contributed by atoms with Gasteiger partial charge in [-0.2, -0.15) is 5.26 Å². The van der Waals surface area contributed by atoms with E-state index in [1.54, 1.807) is 0 Å². The number of anilines is 1. The van der Waals surface area contributed by atoms with E-state index in [0.29, 0.717) is 34.1 Å². The summed E-state index contributed by atoms with van der Waals surface area (Å²) in [6, 6.07) is 25.1. The van der Waals surface area contributed by atoms with Crippen molar-refractivity contribution in [2.45, 2.75) is 19.4 Å². The zero-order valence-corrected chi connectivity index (χ0v) is 20.7. The molecule has 8 heteroatoms. The molecule has 0 aliphatic carbocycles. The summed E-state index contributed by atoms with van der Waals surface area (Å²) in [6.45, 7) is 2.27. The summed E-state index contributed by atoms with van der Waals surface area (Å²) < 4.78 is 0. The number of nitrogens with one attached hydrogen (secondary N) is 3. The standard InChI is InChI=1S/C27H24N4O2S2/c1-18-24(26(33)31-20-11-6-3-7-12-20)25(22-13-8-14-34-22)21(15-28)27(30-18)35-17-23(32)29-16-19-9-4-2-5-10-19/h2-14,25,30H,16-17H2,1H3,(H,29,32)(H,31,33)/t25-/m0/s1. The minimum Gasteiger partial charge on any atom is -0.353 e. The molecule has 2 aromatic carbocycles. The van der Waals surface area contributed by atoms with Gasteiger partial charge in [-0.15, -0.1) is 11.3 Å². The van der Waals surface area contributed by atoms with E-state index in [9.17, 15) is 14.9 Å². The van der Waals surface area contributed by atoms with Gasteiger partial charge >= 0.3 is 0 Å². The van der Waals surface area contributed by atoms with Gasteiger partial charge in [0.15, 0.2) is 0 Å². The Kier molecular flexibility index (Phi) is 8.03. The average molecular weight is 501 g/mol. The van der Waals surface area contributed by atoms with Gasteiger partial charge in [0.2, 0.25) is 5.91 Å². The van der Waals surface area contributed by atoms with Gasteiger partial charge in [0.25, 0.3) is 5.91 Å². The third kappa shape index (κ3) is 6.01. The van der Waals surface area contributed by atoms with Gasteiger partial charge < -0.3 is 16.0 Å². The first-order valence-corrected chi connectivity index (χ1v) is 12.9. The van der Waals surface area contributed by atoms with Crippen molar-refractivity contribution in [1.29, 1.82) is 5.26 Å². The van der Waals surface area contributed by atoms with Crippen molar-refractivity contribution < 1.29 is 9.59 Å². The number of hydrogen-bond acceptors (Lipinski definition) is 6. The van der Waals surface area contributed by atoms with Crippen LogP contribution in [0.25, 0.3) is 0 Å². The zero-order chi connectivity index (χ0) is 24.6. The van der Waals surface area contributed by atoms with Crippen LogP contribution in [0, 0.1) is 11.3 Å². The Hall–Kier alpha value is -3.80. The number of carbonyl (C=O) groups excluding carboxylic acids is 2. The molecule has 2 amide bonds. The van der Waals surface area contributed by atoms with E-state index < -0.39 is 5.92 Å². The highest BCUT2D eigenvalue weighted by Gasteiger charge is 2.35. The van der Waals surface area contributed by atoms with Crippen molar-refractivity contribution in [3.8, 4) is 6.07 Å². The molecule has 1 aromatic heterocycles. The summed E-state index contributed by atoms with van der Waals surface area (Å²) >= 11 is 2.76. The van der Waals surface area contributed by atoms with Crippen molar-refractivity contribution >= 4 is 40.6 Å². The first-order valence-electron chi connectivity index (χ1n) is 11.0. The number of nitriles is 1. The zero-order valence-electron chi connectivity index (χ0n) is 19.1. The smallest absolute Gasteiger partial charge is 0.254 e. The second-order valence-electron chi connectivity index (χ2n) is 7.84. The van der Waals surface area contributed by atoms with Crippen LogP contribution in [-0.4, -0.2) is 17.6 Å². The molecule has 35 heavy (non-hydrogen) atoms. The average Bonchev–Trinajstić information content (AvgIpc) is 3.41. The molecule has 1 aliphatic rings. The second kappa shape index (κ2) is 11.6. The highest BCUT2D eigenvalue weighted by Crippen LogP contribution is 2.42. The maximum absolute atomic E-state index is 13.3. The van der Waals surface area contributed by atoms with E-state index in [2.05, 4.69) is 22.0 Å². The lowest BCUT2D eigenvalue weighted by Gasteiger charge is -2.29. The molecule has 0 fully saturated rings. The Morgan fingerprint density at radius 2 is 1.77 bits per heavy atom. The Labute approximate surface area is 212 Å². The minimum atomic E-state index is -0.514. The molecule has 1 atom stereocenters. The van der Waals surface area contributed by atoms with Crippen LogP contribution in [-0.2, 0) is 16.1 Å². The number of amides is 2. The van der Waals surface area contributed by atoms with Crippen molar-refractivity contribution in [2.24, 2.45) is 0 Å². The quantitative estimate of drug-likeness (QED) is 0.399. The number of nitrogens with zero attached hydrogens (tertiary/aromatic N) is 1. The van der Waals surface area contributed by atoms with Crippen LogP contribution in [0.3, 0.4) is 0 Å². The molecule has 0 unspecified atom stereocenters. The molecule has 0 radical (unpaired) electrons. The maximum atomic E-state index is 13.3. The number of dihydropyridines is 1. The molecule has 0 saturated carbocycles. The number of allylic oxidation sites excluding steroid dienone is 2. The summed E-state index contributed by atoms with van der Waals surface area (Å²) in [6.07, 6.45) is 0. The normalized spacial score (nSPS) is 15.3. The molecule has 3 aromatic rings. The lowest BCUT2D eigenvalue weighted by molar-refractivity contribution is -0.118. The van der Waals surface area contributed by atoms with E-state index in [1.165, 1.54) is 23.1 Å². The molecule has 1 aliphatic heterocycles. The largest absolute Gasteiger partial charge is 0.353 e. The van der Waals surface area contributed by atoms with E-state index in [4.69, 9.17) is 0 Å². The van der Waals surface area contributed by atoms with Gasteiger partial charge in [0, 0.05) is 28.4 Å². The maximum Gasteiger partial charge on any atom is 0.254 e. The highest BCUT2D eigenvalue weighted by atomic mass is 32.2. The third-order valence-electron chi connectivity index (χ3n) is 5.43. The molecular weight excluding hydrogens is 476 g/mol. The van der Waals surface area contributed by atoms with Crippen LogP contribution in [0.2, 0.25) is 0 Å². The molecule has 0 spiro atoms. The van der Waals surface area contributed by atoms with Crippen LogP contribution >= 0.6 is 23.1 Å². The predicted molar refractivity (Wildman–Crippen MR) is 141 cm³/mol. The number of thioether (sulfide) groups is 1. The predicted octanol–water partition coefficient (Wildman–Crippen LogP) is 5.13. The van der Waals surface area contributed by atoms with Crippen molar-refractivity contribution in [3.63, 3.8) is 0 Å². The molecule has 3 N–H and O–H groups in total. The Morgan fingerprint density at radius 1 is 1.06 bits per heavy atom. The first kappa shape index (κ1) is 24.3. The fraction of sp³-hybridized carbons (Fsp3) is 0.148. The third-order valence-corrected chi connectivity index (χ3v) is 7.39. The fourth-order valence-corrected chi connectivity index (χ4v) is 5.54. The summed E-state index contributed by atoms with van der Waals surface area (Å²) in [5.41, 5.74) is 3.27. The molecule has 2 heterocycles. The number of benzene rings is 2. The molecule has 0 bridgehead atoms. The Morgan fingerprint density at radius 3 is 2.43 bits per heavy atom. The van der Waals surface area contributed by atoms with Crippen molar-refractivity contribution in [3.05, 3.63) is 110 Å². The van der Waals surface area contributed by atoms with Gasteiger partial charge in [0.1, 0.15) is 0 Å². The van der Waals surface area contributed by atoms with E-state index in [1.807, 2.05) is 85.1 Å². The van der Waals surface area contributed by atoms with E-state index in [-0.39, 0.29) is 17.6 Å². The fourth-order valence-electron chi connectivity index (χ4n) is 3.77. The monoisotopic (exact) mass is 500 g/mol. The van der Waals surface area contributed by atoms with Gasteiger partial charge in [0.05, 0.1) is 28.3 Å². The Bertz CT molecular complexity index is 1290. The lowest BCUT2D eigenvalue weighted by Crippen LogP contribution is -2.31. The van der Waals surface area contributed by atoms with Gasteiger partial charge in [-0.05, 0) is 36.1 Å². The summed E-state index contributed by atoms with van der Waals surface area (Å²) in [5, 5.41) is 21.7. The molecule has 4 rings (SSSR count). The lowest BCUT2D eigenvalue weighted by atomic mass is 9.86. The number of carbonyl (C=O) groups is 2. The number of hydrogen-bond donors (Lipinski definition) is 3. The van der Waals surface area contributed by atoms with Crippen LogP contribution in [0.1, 0.15) is 23.3 Å². The van der Waals surface area contributed by atoms with Crippen molar-refractivity contribution in [1.82, 2.24) is 10.6 Å². The first-order chi connectivity index (χ1) is 17.1. The molecule has 6 nitrogen and oxygen atoms in total. The van der Waals surface area contributed by atoms with Crippen LogP contribution in [0.5, 0.6) is 0 Å². The number of rotatable bonds is 8. The summed E-state index contributed by atoms with van der Waals surface area (Å²) in [5.74, 6) is -0.764. The topological polar surface area (TPSA) is 94.0 Å². The highest BCUT2D eigenvalue weighted by molar-refractivity contribution is 8.03. The molecule has 176 valence electrons. The van der Waals surface area contributed by atoms with Crippen LogP contribution in [0.15, 0.2) is 100 Å². The van der Waals surface area contributed by atoms with Crippen LogP contribution < -0.4 is 16.0 Å². The minimum absolute atomic E-state index is 0.132. The second-order valence-corrected chi connectivity index (χ2v) is 9.80. The van der Waals surface area contributed by atoms with Crippen LogP contribution in [0.4, 0.5) is 5.69 Å². The van der Waals surface area contributed by atoms with E-state index >= 15 is 0 Å². The molecule has 0 saturated heterocycles. The summed E-state index contributed by atoms with van der Waals surface area (Å²) in [7, 11) is 0. The Balaban J connectivity index is 1.53. The van der Waals surface area contributed by atoms with Gasteiger partial charge in [-0.25, -0.2) is 0 Å². The van der Waals surface area contributed by atoms with Gasteiger partial charge in [-0.3, -0.25) is 9.59 Å². The van der Waals surface area contributed by atoms with Gasteiger partial charge in [-0.1, -0.05) is 66.4 Å². The SMILES string of the molecule is CC1=C(C(=O)Nc2ccccc2)[C@H](c2cccs2)C(C#N)=C(SCC(=O)NCc2ccccc2)N1. The van der Waals surface area contributed by atoms with Crippen molar-refractivity contribution in [2.75, 3.05) is 11.1 Å². The van der Waals surface area contributed by atoms with E-state index in [0.717, 1.165) is 10.4 Å². The number of thiophene rings is 1. The summed E-state index contributed by atoms with van der Waals surface area (Å²) in [4.78, 5) is 26.7. The number of para-hydroxylation sites is 1. The molecular formula is C27H24N4O2S2.